The normalized spacial score (nSPS) is 22.6. The van der Waals surface area contributed by atoms with Crippen LogP contribution in [0.2, 0.25) is 0 Å². The fraction of sp³-hybridized carbons (Fsp3) is 0.294. The Morgan fingerprint density at radius 1 is 1.06 bits per heavy atom. The third-order valence-electron chi connectivity index (χ3n) is 3.60. The van der Waals surface area contributed by atoms with Gasteiger partial charge in [0.25, 0.3) is 0 Å². The minimum absolute atomic E-state index is 0.109. The van der Waals surface area contributed by atoms with E-state index in [0.717, 1.165) is 0 Å². The van der Waals surface area contributed by atoms with Crippen LogP contribution < -0.4 is 0 Å². The summed E-state index contributed by atoms with van der Waals surface area (Å²) in [6, 6.07) is 8.72. The van der Waals surface area contributed by atoms with Crippen LogP contribution in [0.1, 0.15) is 38.8 Å². The van der Waals surface area contributed by atoms with Gasteiger partial charge in [-0.3, -0.25) is 0 Å². The molecular formula is C17H20. The summed E-state index contributed by atoms with van der Waals surface area (Å²) >= 11 is 0. The molecule has 0 spiro atoms. The number of hydrogen-bond donors (Lipinski definition) is 0. The van der Waals surface area contributed by atoms with E-state index in [2.05, 4.69) is 76.3 Å². The Balaban J connectivity index is 2.68. The fourth-order valence-electron chi connectivity index (χ4n) is 2.69. The van der Waals surface area contributed by atoms with Crippen LogP contribution in [0, 0.1) is 0 Å². The predicted octanol–water partition coefficient (Wildman–Crippen LogP) is 4.88. The lowest BCUT2D eigenvalue weighted by Gasteiger charge is -2.21. The lowest BCUT2D eigenvalue weighted by molar-refractivity contribution is 0.661. The zero-order valence-corrected chi connectivity index (χ0v) is 11.1. The number of hydrogen-bond acceptors (Lipinski definition) is 0. The van der Waals surface area contributed by atoms with Crippen molar-refractivity contribution in [2.24, 2.45) is 0 Å². The second-order valence-electron chi connectivity index (χ2n) is 4.98. The van der Waals surface area contributed by atoms with Crippen molar-refractivity contribution in [1.82, 2.24) is 0 Å². The molecular weight excluding hydrogens is 204 g/mol. The molecule has 1 aromatic rings. The Hall–Kier alpha value is -1.56. The molecule has 1 aliphatic rings. The number of rotatable bonds is 1. The van der Waals surface area contributed by atoms with Crippen molar-refractivity contribution in [2.75, 3.05) is 0 Å². The molecule has 0 fully saturated rings. The maximum absolute atomic E-state index is 2.30. The molecule has 1 aromatic carbocycles. The molecule has 88 valence electrons. The van der Waals surface area contributed by atoms with Crippen molar-refractivity contribution in [2.45, 2.75) is 33.1 Å². The molecule has 0 aliphatic heterocycles. The highest BCUT2D eigenvalue weighted by Crippen LogP contribution is 2.49. The summed E-state index contributed by atoms with van der Waals surface area (Å²) in [7, 11) is 0. The van der Waals surface area contributed by atoms with Crippen molar-refractivity contribution >= 4 is 5.57 Å². The Morgan fingerprint density at radius 3 is 2.41 bits per heavy atom. The molecule has 0 nitrogen and oxygen atoms in total. The third kappa shape index (κ3) is 1.78. The van der Waals surface area contributed by atoms with Crippen LogP contribution in [0.3, 0.4) is 0 Å². The molecule has 0 heteroatoms. The largest absolute Gasteiger partial charge is 0.0877 e. The highest BCUT2D eigenvalue weighted by atomic mass is 14.4. The highest BCUT2D eigenvalue weighted by molar-refractivity contribution is 5.89. The van der Waals surface area contributed by atoms with Crippen LogP contribution in [-0.4, -0.2) is 0 Å². The molecule has 0 amide bonds. The Kier molecular flexibility index (Phi) is 3.06. The van der Waals surface area contributed by atoms with Crippen LogP contribution in [0.25, 0.3) is 5.57 Å². The van der Waals surface area contributed by atoms with E-state index in [0.29, 0.717) is 0 Å². The summed E-state index contributed by atoms with van der Waals surface area (Å²) in [6.07, 6.45) is 8.68. The van der Waals surface area contributed by atoms with Crippen LogP contribution in [0.5, 0.6) is 0 Å². The molecule has 1 aliphatic carbocycles. The van der Waals surface area contributed by atoms with E-state index in [1.165, 1.54) is 22.3 Å². The third-order valence-corrected chi connectivity index (χ3v) is 3.60. The number of benzene rings is 1. The minimum Gasteiger partial charge on any atom is -0.0877 e. The molecule has 0 radical (unpaired) electrons. The highest BCUT2D eigenvalue weighted by Gasteiger charge is 2.36. The Labute approximate surface area is 104 Å². The van der Waals surface area contributed by atoms with Crippen molar-refractivity contribution in [1.29, 1.82) is 0 Å². The molecule has 0 bridgehead atoms. The maximum atomic E-state index is 2.30. The molecule has 0 saturated carbocycles. The summed E-state index contributed by atoms with van der Waals surface area (Å²) in [6.45, 7) is 8.79. The first kappa shape index (κ1) is 11.9. The van der Waals surface area contributed by atoms with E-state index in [1.54, 1.807) is 0 Å². The van der Waals surface area contributed by atoms with Gasteiger partial charge in [-0.1, -0.05) is 62.4 Å². The molecule has 0 aromatic heterocycles. The van der Waals surface area contributed by atoms with Gasteiger partial charge in [-0.2, -0.15) is 0 Å². The summed E-state index contributed by atoms with van der Waals surface area (Å²) in [5, 5.41) is 0. The summed E-state index contributed by atoms with van der Waals surface area (Å²) in [5.74, 6) is 0. The first-order valence-electron chi connectivity index (χ1n) is 6.23. The van der Waals surface area contributed by atoms with Crippen LogP contribution in [0.15, 0.2) is 54.1 Å². The monoisotopic (exact) mass is 224 g/mol. The first-order chi connectivity index (χ1) is 8.12. The molecule has 0 N–H and O–H groups in total. The topological polar surface area (TPSA) is 0 Å². The lowest BCUT2D eigenvalue weighted by atomic mass is 9.82. The summed E-state index contributed by atoms with van der Waals surface area (Å²) in [4.78, 5) is 0. The zero-order chi connectivity index (χ0) is 12.5. The van der Waals surface area contributed by atoms with Crippen LogP contribution >= 0.6 is 0 Å². The predicted molar refractivity (Wildman–Crippen MR) is 76.0 cm³/mol. The van der Waals surface area contributed by atoms with Crippen LogP contribution in [0.4, 0.5) is 0 Å². The quantitative estimate of drug-likeness (QED) is 0.637. The molecule has 0 saturated heterocycles. The molecule has 17 heavy (non-hydrogen) atoms. The second-order valence-corrected chi connectivity index (χ2v) is 4.98. The minimum atomic E-state index is 0.109. The number of allylic oxidation sites excluding steroid dienone is 6. The fourth-order valence-corrected chi connectivity index (χ4v) is 2.69. The van der Waals surface area contributed by atoms with Gasteiger partial charge in [-0.25, -0.2) is 0 Å². The van der Waals surface area contributed by atoms with Gasteiger partial charge in [0, 0.05) is 5.41 Å². The SMILES string of the molecule is C\C=C/C=C1\C(=C/C)c2ccccc2C1(C)C. The van der Waals surface area contributed by atoms with Gasteiger partial charge >= 0.3 is 0 Å². The van der Waals surface area contributed by atoms with E-state index >= 15 is 0 Å². The van der Waals surface area contributed by atoms with E-state index < -0.39 is 0 Å². The van der Waals surface area contributed by atoms with Crippen molar-refractivity contribution in [3.63, 3.8) is 0 Å². The van der Waals surface area contributed by atoms with Crippen molar-refractivity contribution in [3.05, 3.63) is 65.3 Å². The van der Waals surface area contributed by atoms with Crippen molar-refractivity contribution < 1.29 is 0 Å². The van der Waals surface area contributed by atoms with E-state index in [-0.39, 0.29) is 5.41 Å². The summed E-state index contributed by atoms with van der Waals surface area (Å²) in [5.41, 5.74) is 5.72. The van der Waals surface area contributed by atoms with Gasteiger partial charge in [-0.15, -0.1) is 0 Å². The average molecular weight is 224 g/mol. The first-order valence-corrected chi connectivity index (χ1v) is 6.23. The van der Waals surface area contributed by atoms with Crippen LogP contribution in [-0.2, 0) is 5.41 Å². The molecule has 0 unspecified atom stereocenters. The molecule has 0 atom stereocenters. The van der Waals surface area contributed by atoms with E-state index in [1.807, 2.05) is 0 Å². The van der Waals surface area contributed by atoms with Gasteiger partial charge in [0.2, 0.25) is 0 Å². The average Bonchev–Trinajstić information content (AvgIpc) is 2.55. The standard InChI is InChI=1S/C17H20/c1-5-7-11-15-13(6-2)14-10-8-9-12-16(14)17(15,3)4/h5-12H,1-4H3/b7-5-,13-6-,15-11+. The Morgan fingerprint density at radius 2 is 1.76 bits per heavy atom. The van der Waals surface area contributed by atoms with E-state index in [4.69, 9.17) is 0 Å². The number of fused-ring (bicyclic) bond motifs is 1. The zero-order valence-electron chi connectivity index (χ0n) is 11.1. The second kappa shape index (κ2) is 4.37. The van der Waals surface area contributed by atoms with Gasteiger partial charge in [0.05, 0.1) is 0 Å². The van der Waals surface area contributed by atoms with Crippen molar-refractivity contribution in [3.8, 4) is 0 Å². The molecule has 2 rings (SSSR count). The van der Waals surface area contributed by atoms with Gasteiger partial charge in [0.1, 0.15) is 0 Å². The van der Waals surface area contributed by atoms with Gasteiger partial charge in [0.15, 0.2) is 0 Å². The summed E-state index contributed by atoms with van der Waals surface area (Å²) < 4.78 is 0. The smallest absolute Gasteiger partial charge is 0.0158 e. The lowest BCUT2D eigenvalue weighted by Crippen LogP contribution is -2.14. The maximum Gasteiger partial charge on any atom is 0.0158 e. The van der Waals surface area contributed by atoms with Gasteiger partial charge < -0.3 is 0 Å². The van der Waals surface area contributed by atoms with Gasteiger partial charge in [-0.05, 0) is 36.1 Å². The Bertz CT molecular complexity index is 511. The van der Waals surface area contributed by atoms with E-state index in [9.17, 15) is 0 Å². The molecule has 0 heterocycles.